The van der Waals surface area contributed by atoms with Crippen LogP contribution in [0.3, 0.4) is 0 Å². The standard InChI is InChI=1S/C24H40O4/c1-5-22(3,4)21(25)28-24-14-18-11-19(15-24)13-23(12-18,16-24)27-17(2)26-20-9-7-6-8-10-20/h17-20H,5-16H2,1-4H3. The van der Waals surface area contributed by atoms with Crippen LogP contribution in [0.4, 0.5) is 0 Å². The van der Waals surface area contributed by atoms with Crippen LogP contribution in [0.2, 0.25) is 0 Å². The third-order valence-corrected chi connectivity index (χ3v) is 8.05. The predicted molar refractivity (Wildman–Crippen MR) is 109 cm³/mol. The van der Waals surface area contributed by atoms with E-state index in [0.717, 1.165) is 38.5 Å². The third-order valence-electron chi connectivity index (χ3n) is 8.05. The minimum Gasteiger partial charge on any atom is -0.459 e. The molecule has 0 spiro atoms. The molecule has 28 heavy (non-hydrogen) atoms. The fourth-order valence-corrected chi connectivity index (χ4v) is 6.68. The van der Waals surface area contributed by atoms with Crippen molar-refractivity contribution in [3.8, 4) is 0 Å². The molecule has 5 saturated carbocycles. The van der Waals surface area contributed by atoms with Crippen LogP contribution >= 0.6 is 0 Å². The van der Waals surface area contributed by atoms with Gasteiger partial charge >= 0.3 is 5.97 Å². The molecule has 5 fully saturated rings. The highest BCUT2D eigenvalue weighted by Crippen LogP contribution is 2.60. The highest BCUT2D eigenvalue weighted by atomic mass is 16.7. The van der Waals surface area contributed by atoms with Gasteiger partial charge < -0.3 is 14.2 Å². The molecule has 0 heterocycles. The Bertz CT molecular complexity index is 563. The van der Waals surface area contributed by atoms with Crippen molar-refractivity contribution in [1.82, 2.24) is 0 Å². The van der Waals surface area contributed by atoms with E-state index >= 15 is 0 Å². The topological polar surface area (TPSA) is 44.8 Å². The summed E-state index contributed by atoms with van der Waals surface area (Å²) in [7, 11) is 0. The van der Waals surface area contributed by atoms with Gasteiger partial charge in [0.05, 0.1) is 17.1 Å². The van der Waals surface area contributed by atoms with Crippen molar-refractivity contribution in [2.24, 2.45) is 17.3 Å². The first-order chi connectivity index (χ1) is 13.2. The Morgan fingerprint density at radius 2 is 1.64 bits per heavy atom. The largest absolute Gasteiger partial charge is 0.459 e. The molecule has 0 amide bonds. The molecule has 4 bridgehead atoms. The fourth-order valence-electron chi connectivity index (χ4n) is 6.68. The molecule has 0 radical (unpaired) electrons. The Balaban J connectivity index is 1.44. The molecule has 4 nitrogen and oxygen atoms in total. The van der Waals surface area contributed by atoms with Gasteiger partial charge in [0.25, 0.3) is 0 Å². The van der Waals surface area contributed by atoms with E-state index in [4.69, 9.17) is 14.2 Å². The Labute approximate surface area is 171 Å². The molecule has 0 saturated heterocycles. The van der Waals surface area contributed by atoms with Gasteiger partial charge in [0.2, 0.25) is 0 Å². The molecule has 0 aromatic heterocycles. The first kappa shape index (κ1) is 20.7. The minimum absolute atomic E-state index is 0.0291. The van der Waals surface area contributed by atoms with Crippen LogP contribution in [-0.2, 0) is 19.0 Å². The quantitative estimate of drug-likeness (QED) is 0.407. The zero-order chi connectivity index (χ0) is 20.0. The smallest absolute Gasteiger partial charge is 0.312 e. The lowest BCUT2D eigenvalue weighted by Crippen LogP contribution is -2.62. The van der Waals surface area contributed by atoms with Gasteiger partial charge in [-0.1, -0.05) is 26.2 Å². The van der Waals surface area contributed by atoms with Gasteiger partial charge in [0.1, 0.15) is 5.60 Å². The van der Waals surface area contributed by atoms with Crippen molar-refractivity contribution in [2.75, 3.05) is 0 Å². The average molecular weight is 393 g/mol. The summed E-state index contributed by atoms with van der Waals surface area (Å²) in [6, 6.07) is 0. The van der Waals surface area contributed by atoms with Gasteiger partial charge in [-0.2, -0.15) is 0 Å². The fraction of sp³-hybridized carbons (Fsp3) is 0.958. The second kappa shape index (κ2) is 7.58. The van der Waals surface area contributed by atoms with Crippen LogP contribution in [0.1, 0.15) is 105 Å². The van der Waals surface area contributed by atoms with E-state index in [0.29, 0.717) is 17.9 Å². The lowest BCUT2D eigenvalue weighted by Gasteiger charge is -2.61. The molecule has 5 aliphatic rings. The minimum atomic E-state index is -0.408. The van der Waals surface area contributed by atoms with Crippen molar-refractivity contribution in [3.63, 3.8) is 0 Å². The maximum absolute atomic E-state index is 12.9. The Morgan fingerprint density at radius 3 is 2.25 bits per heavy atom. The van der Waals surface area contributed by atoms with Crippen molar-refractivity contribution in [3.05, 3.63) is 0 Å². The number of hydrogen-bond acceptors (Lipinski definition) is 4. The molecule has 0 aromatic carbocycles. The molecule has 4 heteroatoms. The number of hydrogen-bond donors (Lipinski definition) is 0. The molecule has 0 N–H and O–H groups in total. The van der Waals surface area contributed by atoms with Gasteiger partial charge in [-0.05, 0) is 84.0 Å². The number of carbonyl (C=O) groups excluding carboxylic acids is 1. The first-order valence-electron chi connectivity index (χ1n) is 11.8. The van der Waals surface area contributed by atoms with Gasteiger partial charge in [0, 0.05) is 6.42 Å². The van der Waals surface area contributed by atoms with Crippen molar-refractivity contribution in [1.29, 1.82) is 0 Å². The summed E-state index contributed by atoms with van der Waals surface area (Å²) in [4.78, 5) is 12.9. The second-order valence-corrected chi connectivity index (χ2v) is 11.0. The van der Waals surface area contributed by atoms with E-state index in [1.165, 1.54) is 38.5 Å². The maximum atomic E-state index is 12.9. The Hall–Kier alpha value is -0.610. The highest BCUT2D eigenvalue weighted by molar-refractivity contribution is 5.76. The normalized spacial score (nSPS) is 39.1. The molecule has 5 rings (SSSR count). The number of ether oxygens (including phenoxy) is 3. The number of carbonyl (C=O) groups is 1. The zero-order valence-corrected chi connectivity index (χ0v) is 18.4. The Kier molecular flexibility index (Phi) is 5.59. The average Bonchev–Trinajstić information content (AvgIpc) is 2.60. The molecule has 160 valence electrons. The van der Waals surface area contributed by atoms with E-state index in [1.807, 2.05) is 13.8 Å². The predicted octanol–water partition coefficient (Wildman–Crippen LogP) is 5.77. The van der Waals surface area contributed by atoms with Crippen LogP contribution in [0.15, 0.2) is 0 Å². The number of rotatable bonds is 7. The van der Waals surface area contributed by atoms with E-state index < -0.39 is 5.41 Å². The molecule has 3 unspecified atom stereocenters. The number of esters is 1. The van der Waals surface area contributed by atoms with Gasteiger partial charge in [-0.25, -0.2) is 0 Å². The van der Waals surface area contributed by atoms with Crippen LogP contribution in [0, 0.1) is 17.3 Å². The second-order valence-electron chi connectivity index (χ2n) is 11.0. The zero-order valence-electron chi connectivity index (χ0n) is 18.4. The Morgan fingerprint density at radius 1 is 1.04 bits per heavy atom. The summed E-state index contributed by atoms with van der Waals surface area (Å²) in [6.45, 7) is 8.15. The summed E-state index contributed by atoms with van der Waals surface area (Å²) in [5.74, 6) is 1.22. The van der Waals surface area contributed by atoms with Crippen LogP contribution in [-0.4, -0.2) is 29.6 Å². The van der Waals surface area contributed by atoms with Crippen molar-refractivity contribution >= 4 is 5.97 Å². The van der Waals surface area contributed by atoms with Crippen molar-refractivity contribution < 1.29 is 19.0 Å². The molecule has 0 aromatic rings. The van der Waals surface area contributed by atoms with Gasteiger partial charge in [-0.3, -0.25) is 4.79 Å². The van der Waals surface area contributed by atoms with Crippen molar-refractivity contribution in [2.45, 2.75) is 128 Å². The summed E-state index contributed by atoms with van der Waals surface area (Å²) in [5.41, 5.74) is -0.873. The van der Waals surface area contributed by atoms with E-state index in [-0.39, 0.29) is 23.5 Å². The SMILES string of the molecule is CCC(C)(C)C(=O)OC12CC3CC(C1)CC(OC(C)OC1CCCCC1)(C3)C2. The molecular formula is C24H40O4. The van der Waals surface area contributed by atoms with E-state index in [9.17, 15) is 4.79 Å². The summed E-state index contributed by atoms with van der Waals surface area (Å²) < 4.78 is 19.2. The van der Waals surface area contributed by atoms with Crippen LogP contribution < -0.4 is 0 Å². The van der Waals surface area contributed by atoms with E-state index in [1.54, 1.807) is 0 Å². The van der Waals surface area contributed by atoms with Crippen LogP contribution in [0.5, 0.6) is 0 Å². The monoisotopic (exact) mass is 392 g/mol. The maximum Gasteiger partial charge on any atom is 0.312 e. The first-order valence-corrected chi connectivity index (χ1v) is 11.8. The summed E-state index contributed by atoms with van der Waals surface area (Å²) >= 11 is 0. The lowest BCUT2D eigenvalue weighted by molar-refractivity contribution is -0.289. The molecule has 5 aliphatic carbocycles. The third kappa shape index (κ3) is 4.14. The molecule has 0 aliphatic heterocycles. The summed E-state index contributed by atoms with van der Waals surface area (Å²) in [5, 5.41) is 0. The van der Waals surface area contributed by atoms with Crippen LogP contribution in [0.25, 0.3) is 0 Å². The summed E-state index contributed by atoms with van der Waals surface area (Å²) in [6.07, 6.45) is 13.6. The molecule has 3 atom stereocenters. The highest BCUT2D eigenvalue weighted by Gasteiger charge is 2.61. The van der Waals surface area contributed by atoms with Gasteiger partial charge in [0.15, 0.2) is 6.29 Å². The van der Waals surface area contributed by atoms with Gasteiger partial charge in [-0.15, -0.1) is 0 Å². The lowest BCUT2D eigenvalue weighted by atomic mass is 9.52. The molecular weight excluding hydrogens is 352 g/mol. The van der Waals surface area contributed by atoms with E-state index in [2.05, 4.69) is 13.8 Å².